The summed E-state index contributed by atoms with van der Waals surface area (Å²) in [7, 11) is 1.58. The van der Waals surface area contributed by atoms with Crippen molar-refractivity contribution in [2.45, 2.75) is 89.1 Å². The van der Waals surface area contributed by atoms with Crippen molar-refractivity contribution in [3.05, 3.63) is 0 Å². The van der Waals surface area contributed by atoms with E-state index < -0.39 is 23.9 Å². The first-order valence-electron chi connectivity index (χ1n) is 12.1. The summed E-state index contributed by atoms with van der Waals surface area (Å²) in [6.45, 7) is 9.09. The molecule has 2 saturated heterocycles. The second-order valence-corrected chi connectivity index (χ2v) is 12.5. The Bertz CT molecular complexity index is 835. The molecular formula is C24H38N2O5S. The number of rotatable bonds is 1. The number of nitrogens with zero attached hydrogens (tertiary/aromatic N) is 1. The van der Waals surface area contributed by atoms with Crippen molar-refractivity contribution in [3.8, 4) is 0 Å². The molecule has 0 aromatic rings. The van der Waals surface area contributed by atoms with E-state index in [1.54, 1.807) is 7.11 Å². The van der Waals surface area contributed by atoms with Gasteiger partial charge in [-0.3, -0.25) is 4.79 Å². The summed E-state index contributed by atoms with van der Waals surface area (Å²) in [6.07, 6.45) is 2.14. The van der Waals surface area contributed by atoms with Gasteiger partial charge < -0.3 is 25.1 Å². The monoisotopic (exact) mass is 466 g/mol. The summed E-state index contributed by atoms with van der Waals surface area (Å²) in [4.78, 5) is 17.7. The Hall–Kier alpha value is -0.830. The van der Waals surface area contributed by atoms with Gasteiger partial charge in [-0.2, -0.15) is 12.6 Å². The van der Waals surface area contributed by atoms with Crippen molar-refractivity contribution >= 4 is 24.2 Å². The van der Waals surface area contributed by atoms with Gasteiger partial charge in [0.15, 0.2) is 0 Å². The fraction of sp³-hybridized carbons (Fsp3) is 0.917. The Kier molecular flexibility index (Phi) is 5.26. The van der Waals surface area contributed by atoms with Crippen LogP contribution in [0.4, 0.5) is 0 Å². The van der Waals surface area contributed by atoms with E-state index >= 15 is 0 Å². The average molecular weight is 467 g/mol. The van der Waals surface area contributed by atoms with Gasteiger partial charge in [-0.15, -0.1) is 0 Å². The number of thiol groups is 1. The SMILES string of the molecule is CON=C1C(S)CC23OC4C(CC2(C)C(C)CCC3C1(C)C)C(O)CC1C(=O)NC(O)C14. The molecule has 8 heteroatoms. The standard InChI is InChI=1S/C24H38N2O5S/c1-11-6-7-16-22(2,3)19(26-30-5)15(32)10-24(16)23(11,4)9-13-14(27)8-12-17(18(13)31-24)21(29)25-20(12)28/h11-18,21,27,29,32H,6-10H2,1-5H3,(H,25,28). The largest absolute Gasteiger partial charge is 0.399 e. The molecule has 0 radical (unpaired) electrons. The van der Waals surface area contributed by atoms with E-state index in [1.807, 2.05) is 0 Å². The lowest BCUT2D eigenvalue weighted by Gasteiger charge is -2.70. The first kappa shape index (κ1) is 22.9. The number of nitrogens with one attached hydrogen (secondary N) is 1. The highest BCUT2D eigenvalue weighted by molar-refractivity contribution is 7.81. The third-order valence-electron chi connectivity index (χ3n) is 10.3. The molecule has 11 atom stereocenters. The quantitative estimate of drug-likeness (QED) is 0.351. The van der Waals surface area contributed by atoms with Crippen LogP contribution in [0.2, 0.25) is 0 Å². The van der Waals surface area contributed by atoms with Crippen LogP contribution in [0.3, 0.4) is 0 Å². The summed E-state index contributed by atoms with van der Waals surface area (Å²) in [5.41, 5.74) is 0.0645. The number of aliphatic hydroxyl groups is 2. The fourth-order valence-electron chi connectivity index (χ4n) is 8.52. The molecule has 5 aliphatic rings. The zero-order valence-electron chi connectivity index (χ0n) is 19.7. The second-order valence-electron chi connectivity index (χ2n) is 11.8. The average Bonchev–Trinajstić information content (AvgIpc) is 2.98. The number of hydrogen-bond donors (Lipinski definition) is 4. The van der Waals surface area contributed by atoms with Gasteiger partial charge in [0.05, 0.1) is 29.4 Å². The number of aliphatic hydroxyl groups excluding tert-OH is 2. The maximum atomic E-state index is 12.5. The molecule has 11 unspecified atom stereocenters. The molecule has 2 aliphatic heterocycles. The molecule has 0 aromatic carbocycles. The lowest BCUT2D eigenvalue weighted by Crippen LogP contribution is -2.74. The van der Waals surface area contributed by atoms with Crippen LogP contribution in [0.15, 0.2) is 5.16 Å². The predicted octanol–water partition coefficient (Wildman–Crippen LogP) is 2.36. The van der Waals surface area contributed by atoms with E-state index in [0.29, 0.717) is 18.8 Å². The van der Waals surface area contributed by atoms with Crippen LogP contribution in [0.25, 0.3) is 0 Å². The number of carbonyl (C=O) groups is 1. The molecular weight excluding hydrogens is 428 g/mol. The summed E-state index contributed by atoms with van der Waals surface area (Å²) >= 11 is 4.99. The minimum atomic E-state index is -0.929. The zero-order valence-corrected chi connectivity index (χ0v) is 20.6. The molecule has 3 saturated carbocycles. The van der Waals surface area contributed by atoms with Crippen molar-refractivity contribution in [1.82, 2.24) is 5.32 Å². The molecule has 5 fully saturated rings. The topological polar surface area (TPSA) is 100 Å². The molecule has 5 rings (SSSR count). The van der Waals surface area contributed by atoms with Crippen LogP contribution in [0.5, 0.6) is 0 Å². The van der Waals surface area contributed by atoms with E-state index in [4.69, 9.17) is 22.2 Å². The van der Waals surface area contributed by atoms with Crippen LogP contribution < -0.4 is 5.32 Å². The third-order valence-corrected chi connectivity index (χ3v) is 10.7. The third kappa shape index (κ3) is 2.78. The summed E-state index contributed by atoms with van der Waals surface area (Å²) in [6, 6.07) is 0. The van der Waals surface area contributed by atoms with Gasteiger partial charge in [-0.1, -0.05) is 32.9 Å². The van der Waals surface area contributed by atoms with Gasteiger partial charge in [0, 0.05) is 22.5 Å². The molecule has 1 amide bonds. The molecule has 7 nitrogen and oxygen atoms in total. The van der Waals surface area contributed by atoms with E-state index in [9.17, 15) is 15.0 Å². The minimum absolute atomic E-state index is 0.0917. The Labute approximate surface area is 196 Å². The highest BCUT2D eigenvalue weighted by Gasteiger charge is 2.71. The van der Waals surface area contributed by atoms with Gasteiger partial charge in [-0.25, -0.2) is 0 Å². The molecule has 2 heterocycles. The number of oxime groups is 1. The first-order chi connectivity index (χ1) is 15.0. The van der Waals surface area contributed by atoms with Crippen molar-refractivity contribution in [1.29, 1.82) is 0 Å². The molecule has 1 spiro atoms. The van der Waals surface area contributed by atoms with Crippen LogP contribution in [-0.4, -0.2) is 58.2 Å². The molecule has 3 aliphatic carbocycles. The first-order valence-corrected chi connectivity index (χ1v) is 12.6. The molecule has 0 aromatic heterocycles. The number of carbonyl (C=O) groups excluding carboxylic acids is 1. The second kappa shape index (κ2) is 7.33. The lowest BCUT2D eigenvalue weighted by atomic mass is 9.42. The van der Waals surface area contributed by atoms with Gasteiger partial charge in [0.1, 0.15) is 13.3 Å². The summed E-state index contributed by atoms with van der Waals surface area (Å²) in [5.74, 6) is -0.373. The number of hydrogen-bond acceptors (Lipinski definition) is 7. The van der Waals surface area contributed by atoms with Crippen LogP contribution in [0.1, 0.15) is 59.8 Å². The van der Waals surface area contributed by atoms with Crippen LogP contribution in [-0.2, 0) is 14.4 Å². The van der Waals surface area contributed by atoms with Crippen molar-refractivity contribution in [3.63, 3.8) is 0 Å². The Morgan fingerprint density at radius 1 is 1.22 bits per heavy atom. The Morgan fingerprint density at radius 2 is 1.94 bits per heavy atom. The van der Waals surface area contributed by atoms with E-state index in [0.717, 1.165) is 25.0 Å². The molecule has 0 bridgehead atoms. The summed E-state index contributed by atoms with van der Waals surface area (Å²) < 4.78 is 7.24. The maximum Gasteiger partial charge on any atom is 0.225 e. The van der Waals surface area contributed by atoms with Crippen molar-refractivity contribution in [2.75, 3.05) is 7.11 Å². The maximum absolute atomic E-state index is 12.5. The molecule has 32 heavy (non-hydrogen) atoms. The zero-order chi connectivity index (χ0) is 23.2. The fourth-order valence-corrected chi connectivity index (χ4v) is 9.17. The van der Waals surface area contributed by atoms with Gasteiger partial charge in [0.2, 0.25) is 5.91 Å². The molecule has 180 valence electrons. The summed E-state index contributed by atoms with van der Waals surface area (Å²) in [5, 5.41) is 28.9. The highest BCUT2D eigenvalue weighted by Crippen LogP contribution is 2.68. The van der Waals surface area contributed by atoms with E-state index in [1.165, 1.54) is 0 Å². The predicted molar refractivity (Wildman–Crippen MR) is 123 cm³/mol. The normalized spacial score (nSPS) is 55.3. The van der Waals surface area contributed by atoms with Crippen LogP contribution in [0, 0.1) is 40.4 Å². The highest BCUT2D eigenvalue weighted by atomic mass is 32.1. The smallest absolute Gasteiger partial charge is 0.225 e. The lowest BCUT2D eigenvalue weighted by molar-refractivity contribution is -0.323. The minimum Gasteiger partial charge on any atom is -0.399 e. The van der Waals surface area contributed by atoms with Gasteiger partial charge in [-0.05, 0) is 49.4 Å². The number of amides is 1. The van der Waals surface area contributed by atoms with E-state index in [-0.39, 0.29) is 45.8 Å². The Morgan fingerprint density at radius 3 is 2.62 bits per heavy atom. The van der Waals surface area contributed by atoms with Crippen molar-refractivity contribution < 1.29 is 24.6 Å². The molecule has 3 N–H and O–H groups in total. The van der Waals surface area contributed by atoms with Crippen molar-refractivity contribution in [2.24, 2.45) is 45.6 Å². The van der Waals surface area contributed by atoms with Gasteiger partial charge in [0.25, 0.3) is 0 Å². The van der Waals surface area contributed by atoms with E-state index in [2.05, 4.69) is 38.2 Å². The number of ether oxygens (including phenoxy) is 1. The van der Waals surface area contributed by atoms with Gasteiger partial charge >= 0.3 is 0 Å². The van der Waals surface area contributed by atoms with Crippen LogP contribution >= 0.6 is 12.6 Å². The number of fused-ring (bicyclic) bond motifs is 3. The Balaban J connectivity index is 1.63.